The van der Waals surface area contributed by atoms with Crippen molar-refractivity contribution in [3.8, 4) is 0 Å². The number of aromatic nitrogens is 3. The van der Waals surface area contributed by atoms with Crippen LogP contribution in [-0.2, 0) is 0 Å². The van der Waals surface area contributed by atoms with Crippen molar-refractivity contribution in [1.82, 2.24) is 14.4 Å². The molecule has 0 spiro atoms. The van der Waals surface area contributed by atoms with Crippen LogP contribution in [0.3, 0.4) is 0 Å². The van der Waals surface area contributed by atoms with Gasteiger partial charge in [0.05, 0.1) is 4.47 Å². The zero-order chi connectivity index (χ0) is 8.97. The molecule has 0 saturated carbocycles. The van der Waals surface area contributed by atoms with E-state index in [1.54, 1.807) is 12.4 Å². The van der Waals surface area contributed by atoms with E-state index in [0.29, 0.717) is 0 Å². The minimum Gasteiger partial charge on any atom is -0.290 e. The first-order valence-corrected chi connectivity index (χ1v) is 4.60. The van der Waals surface area contributed by atoms with Gasteiger partial charge >= 0.3 is 0 Å². The lowest BCUT2D eigenvalue weighted by Crippen LogP contribution is -1.85. The van der Waals surface area contributed by atoms with E-state index >= 15 is 0 Å². The molecule has 0 radical (unpaired) electrons. The first kappa shape index (κ1) is 9.19. The Morgan fingerprint density at radius 3 is 2.83 bits per heavy atom. The normalized spacial score (nSPS) is 9.25. The minimum atomic E-state index is 0.725. The third-order valence-electron chi connectivity index (χ3n) is 1.21. The van der Waals surface area contributed by atoms with Crippen molar-refractivity contribution in [2.75, 3.05) is 0 Å². The van der Waals surface area contributed by atoms with Crippen molar-refractivity contribution in [3.63, 3.8) is 0 Å². The van der Waals surface area contributed by atoms with Gasteiger partial charge in [0.2, 0.25) is 5.78 Å². The number of fused-ring (bicyclic) bond motifs is 1. The van der Waals surface area contributed by atoms with Crippen LogP contribution in [-0.4, -0.2) is 14.4 Å². The molecule has 2 aromatic rings. The van der Waals surface area contributed by atoms with Crippen LogP contribution in [0.1, 0.15) is 13.8 Å². The van der Waals surface area contributed by atoms with Crippen LogP contribution in [0.15, 0.2) is 29.3 Å². The molecular weight excluding hydrogens is 218 g/mol. The van der Waals surface area contributed by atoms with E-state index in [2.05, 4.69) is 25.9 Å². The highest BCUT2D eigenvalue weighted by Crippen LogP contribution is 2.06. The highest BCUT2D eigenvalue weighted by Gasteiger charge is 1.92. The Morgan fingerprint density at radius 2 is 2.08 bits per heavy atom. The molecule has 0 saturated heterocycles. The molecule has 2 heterocycles. The van der Waals surface area contributed by atoms with Crippen molar-refractivity contribution in [2.24, 2.45) is 0 Å². The molecule has 0 unspecified atom stereocenters. The van der Waals surface area contributed by atoms with Crippen LogP contribution in [0.25, 0.3) is 5.78 Å². The van der Waals surface area contributed by atoms with Gasteiger partial charge in [0, 0.05) is 24.8 Å². The quantitative estimate of drug-likeness (QED) is 0.693. The summed E-state index contributed by atoms with van der Waals surface area (Å²) < 4.78 is 2.81. The second kappa shape index (κ2) is 4.21. The molecule has 0 aliphatic carbocycles. The van der Waals surface area contributed by atoms with Gasteiger partial charge in [-0.25, -0.2) is 9.97 Å². The van der Waals surface area contributed by atoms with Crippen LogP contribution in [0.5, 0.6) is 0 Å². The highest BCUT2D eigenvalue weighted by molar-refractivity contribution is 9.10. The topological polar surface area (TPSA) is 30.2 Å². The number of imidazole rings is 1. The monoisotopic (exact) mass is 227 g/mol. The van der Waals surface area contributed by atoms with Gasteiger partial charge in [-0.2, -0.15) is 0 Å². The molecule has 0 bridgehead atoms. The Labute approximate surface area is 79.6 Å². The maximum Gasteiger partial charge on any atom is 0.233 e. The molecule has 0 aromatic carbocycles. The van der Waals surface area contributed by atoms with E-state index < -0.39 is 0 Å². The first-order chi connectivity index (χ1) is 5.86. The van der Waals surface area contributed by atoms with E-state index in [1.807, 2.05) is 30.6 Å². The summed E-state index contributed by atoms with van der Waals surface area (Å²) in [4.78, 5) is 8.04. The standard InChI is InChI=1S/C6H4BrN3.C2H6/c7-5-3-9-6-8-1-2-10(6)4-5;1-2/h1-4H;1-2H3. The predicted octanol–water partition coefficient (Wildman–Crippen LogP) is 2.52. The number of hydrogen-bond acceptors (Lipinski definition) is 2. The molecule has 0 fully saturated rings. The van der Waals surface area contributed by atoms with Gasteiger partial charge < -0.3 is 0 Å². The Balaban J connectivity index is 0.000000336. The molecule has 0 aliphatic heterocycles. The molecule has 12 heavy (non-hydrogen) atoms. The van der Waals surface area contributed by atoms with Crippen LogP contribution in [0.4, 0.5) is 0 Å². The van der Waals surface area contributed by atoms with Crippen molar-refractivity contribution in [2.45, 2.75) is 13.8 Å². The van der Waals surface area contributed by atoms with Crippen LogP contribution in [0.2, 0.25) is 0 Å². The summed E-state index contributed by atoms with van der Waals surface area (Å²) in [6.07, 6.45) is 7.21. The van der Waals surface area contributed by atoms with Gasteiger partial charge in [0.15, 0.2) is 0 Å². The Bertz CT molecular complexity index is 356. The van der Waals surface area contributed by atoms with E-state index in [-0.39, 0.29) is 0 Å². The van der Waals surface area contributed by atoms with Gasteiger partial charge in [-0.05, 0) is 15.9 Å². The highest BCUT2D eigenvalue weighted by atomic mass is 79.9. The molecule has 0 aliphatic rings. The SMILES string of the molecule is Brc1cnc2nccn2c1.CC. The van der Waals surface area contributed by atoms with Gasteiger partial charge in [-0.1, -0.05) is 13.8 Å². The molecule has 0 amide bonds. The molecule has 0 N–H and O–H groups in total. The van der Waals surface area contributed by atoms with E-state index in [9.17, 15) is 0 Å². The molecular formula is C8H10BrN3. The molecule has 2 aromatic heterocycles. The summed E-state index contributed by atoms with van der Waals surface area (Å²) in [7, 11) is 0. The lowest BCUT2D eigenvalue weighted by Gasteiger charge is -1.90. The average Bonchev–Trinajstić information content (AvgIpc) is 2.54. The largest absolute Gasteiger partial charge is 0.290 e. The third-order valence-corrected chi connectivity index (χ3v) is 1.62. The number of halogens is 1. The molecule has 2 rings (SSSR count). The van der Waals surface area contributed by atoms with E-state index in [1.165, 1.54) is 0 Å². The van der Waals surface area contributed by atoms with Crippen molar-refractivity contribution < 1.29 is 0 Å². The van der Waals surface area contributed by atoms with E-state index in [0.717, 1.165) is 10.3 Å². The van der Waals surface area contributed by atoms with Gasteiger partial charge in [-0.3, -0.25) is 4.40 Å². The Morgan fingerprint density at radius 1 is 1.33 bits per heavy atom. The lowest BCUT2D eigenvalue weighted by atomic mass is 10.7. The Hall–Kier alpha value is -0.900. The van der Waals surface area contributed by atoms with Crippen LogP contribution in [0, 0.1) is 0 Å². The first-order valence-electron chi connectivity index (χ1n) is 3.80. The van der Waals surface area contributed by atoms with Crippen LogP contribution < -0.4 is 0 Å². The second-order valence-electron chi connectivity index (χ2n) is 1.91. The van der Waals surface area contributed by atoms with Crippen molar-refractivity contribution >= 4 is 21.7 Å². The maximum absolute atomic E-state index is 4.05. The summed E-state index contributed by atoms with van der Waals surface area (Å²) in [5.74, 6) is 0.725. The zero-order valence-corrected chi connectivity index (χ0v) is 8.62. The fraction of sp³-hybridized carbons (Fsp3) is 0.250. The Kier molecular flexibility index (Phi) is 3.22. The summed E-state index contributed by atoms with van der Waals surface area (Å²) in [6.45, 7) is 4.00. The number of hydrogen-bond donors (Lipinski definition) is 0. The maximum atomic E-state index is 4.05. The molecule has 4 heteroatoms. The molecule has 64 valence electrons. The van der Waals surface area contributed by atoms with Gasteiger partial charge in [0.25, 0.3) is 0 Å². The lowest BCUT2D eigenvalue weighted by molar-refractivity contribution is 1.10. The molecule has 3 nitrogen and oxygen atoms in total. The fourth-order valence-corrected chi connectivity index (χ4v) is 1.11. The average molecular weight is 228 g/mol. The van der Waals surface area contributed by atoms with Crippen molar-refractivity contribution in [1.29, 1.82) is 0 Å². The number of rotatable bonds is 0. The summed E-state index contributed by atoms with van der Waals surface area (Å²) in [5.41, 5.74) is 0. The summed E-state index contributed by atoms with van der Waals surface area (Å²) >= 11 is 3.31. The summed E-state index contributed by atoms with van der Waals surface area (Å²) in [6, 6.07) is 0. The summed E-state index contributed by atoms with van der Waals surface area (Å²) in [5, 5.41) is 0. The predicted molar refractivity (Wildman–Crippen MR) is 52.0 cm³/mol. The number of nitrogens with zero attached hydrogens (tertiary/aromatic N) is 3. The zero-order valence-electron chi connectivity index (χ0n) is 7.03. The molecule has 0 atom stereocenters. The minimum absolute atomic E-state index is 0.725. The van der Waals surface area contributed by atoms with E-state index in [4.69, 9.17) is 0 Å². The van der Waals surface area contributed by atoms with Gasteiger partial charge in [-0.15, -0.1) is 0 Å². The van der Waals surface area contributed by atoms with Crippen molar-refractivity contribution in [3.05, 3.63) is 29.3 Å². The van der Waals surface area contributed by atoms with Gasteiger partial charge in [0.1, 0.15) is 0 Å². The van der Waals surface area contributed by atoms with Crippen LogP contribution >= 0.6 is 15.9 Å². The second-order valence-corrected chi connectivity index (χ2v) is 2.82. The fourth-order valence-electron chi connectivity index (χ4n) is 0.792. The third kappa shape index (κ3) is 1.82. The smallest absolute Gasteiger partial charge is 0.233 e.